The minimum atomic E-state index is -6.49. The molecule has 0 aromatic heterocycles. The zero-order valence-electron chi connectivity index (χ0n) is 10.9. The van der Waals surface area contributed by atoms with E-state index in [0.29, 0.717) is 6.42 Å². The van der Waals surface area contributed by atoms with Crippen molar-refractivity contribution in [1.82, 2.24) is 4.72 Å². The summed E-state index contributed by atoms with van der Waals surface area (Å²) in [6.45, 7) is 0.967. The molecule has 0 aliphatic rings. The number of rotatable bonds is 8. The third kappa shape index (κ3) is 4.48. The van der Waals surface area contributed by atoms with Crippen LogP contribution in [0.25, 0.3) is 0 Å². The van der Waals surface area contributed by atoms with Crippen LogP contribution in [0.15, 0.2) is 0 Å². The predicted octanol–water partition coefficient (Wildman–Crippen LogP) is 0.563. The summed E-state index contributed by atoms with van der Waals surface area (Å²) in [6.07, 6.45) is 0.402. The maximum absolute atomic E-state index is 13.5. The predicted molar refractivity (Wildman–Crippen MR) is 65.5 cm³/mol. The van der Waals surface area contributed by atoms with Crippen molar-refractivity contribution in [2.45, 2.75) is 29.9 Å². The Kier molecular flexibility index (Phi) is 6.36. The Labute approximate surface area is 123 Å². The minimum absolute atomic E-state index is 0.0518. The molecule has 0 aliphatic heterocycles. The van der Waals surface area contributed by atoms with Gasteiger partial charge in [0.05, 0.1) is 0 Å². The topological polar surface area (TPSA) is 114 Å². The van der Waals surface area contributed by atoms with Crippen LogP contribution in [0.4, 0.5) is 22.0 Å². The maximum Gasteiger partial charge on any atom is 0.498 e. The Morgan fingerprint density at radius 1 is 0.864 bits per heavy atom. The number of sulfone groups is 2. The molecule has 0 aliphatic carbocycles. The van der Waals surface area contributed by atoms with Crippen molar-refractivity contribution in [2.75, 3.05) is 11.6 Å². The molecule has 0 aromatic rings. The van der Waals surface area contributed by atoms with Gasteiger partial charge in [0.1, 0.15) is 0 Å². The molecule has 0 rings (SSSR count). The average molecular weight is 397 g/mol. The number of unbranched alkanes of at least 4 members (excludes halogenated alkanes) is 1. The molecule has 0 fully saturated rings. The lowest BCUT2D eigenvalue weighted by Crippen LogP contribution is -2.48. The van der Waals surface area contributed by atoms with E-state index in [1.54, 1.807) is 6.92 Å². The summed E-state index contributed by atoms with van der Waals surface area (Å²) in [4.78, 5) is 0. The van der Waals surface area contributed by atoms with Gasteiger partial charge in [-0.25, -0.2) is 30.0 Å². The first kappa shape index (κ1) is 21.5. The number of alkyl halides is 5. The highest BCUT2D eigenvalue weighted by molar-refractivity contribution is 8.15. The number of hydrogen-bond donors (Lipinski definition) is 1. The van der Waals surface area contributed by atoms with E-state index in [-0.39, 0.29) is 6.42 Å². The first-order chi connectivity index (χ1) is 9.52. The summed E-state index contributed by atoms with van der Waals surface area (Å²) in [6, 6.07) is 0. The molecule has 134 valence electrons. The van der Waals surface area contributed by atoms with Crippen LogP contribution >= 0.6 is 0 Å². The van der Waals surface area contributed by atoms with Gasteiger partial charge in [-0.05, 0) is 6.42 Å². The van der Waals surface area contributed by atoms with Gasteiger partial charge in [-0.2, -0.15) is 22.0 Å². The Hall–Kier alpha value is -0.540. The molecule has 0 bridgehead atoms. The average Bonchev–Trinajstić information content (AvgIpc) is 2.25. The van der Waals surface area contributed by atoms with E-state index >= 15 is 0 Å². The molecular formula is C7H12F5NO6S3. The molecule has 0 unspecified atom stereocenters. The van der Waals surface area contributed by atoms with Gasteiger partial charge >= 0.3 is 10.1 Å². The third-order valence-electron chi connectivity index (χ3n) is 2.16. The van der Waals surface area contributed by atoms with Gasteiger partial charge in [0, 0.05) is 6.54 Å². The number of hydrogen-bond acceptors (Lipinski definition) is 6. The zero-order chi connectivity index (χ0) is 18.0. The molecule has 0 aromatic carbocycles. The van der Waals surface area contributed by atoms with E-state index in [9.17, 15) is 47.2 Å². The fraction of sp³-hybridized carbons (Fsp3) is 1.00. The molecule has 0 radical (unpaired) electrons. The molecule has 15 heteroatoms. The van der Waals surface area contributed by atoms with Gasteiger partial charge in [0.15, 0.2) is 5.08 Å². The molecule has 0 atom stereocenters. The summed E-state index contributed by atoms with van der Waals surface area (Å²) in [5.74, 6) is 0. The SMILES string of the molecule is CCCCNS(=O)(=O)C(F)(F)S(=O)(=O)CS(=O)(=O)C(F)(F)F. The van der Waals surface area contributed by atoms with Crippen LogP contribution in [0.5, 0.6) is 0 Å². The minimum Gasteiger partial charge on any atom is -0.220 e. The van der Waals surface area contributed by atoms with E-state index in [4.69, 9.17) is 0 Å². The molecule has 0 spiro atoms. The smallest absolute Gasteiger partial charge is 0.220 e. The number of nitrogens with one attached hydrogen (secondary N) is 1. The summed E-state index contributed by atoms with van der Waals surface area (Å²) in [5.41, 5.74) is -6.12. The number of sulfonamides is 1. The van der Waals surface area contributed by atoms with Gasteiger partial charge in [0.2, 0.25) is 9.84 Å². The fourth-order valence-electron chi connectivity index (χ4n) is 0.974. The van der Waals surface area contributed by atoms with Crippen LogP contribution in [0, 0.1) is 0 Å². The quantitative estimate of drug-likeness (QED) is 0.473. The largest absolute Gasteiger partial charge is 0.498 e. The standard InChI is InChI=1S/C7H12F5NO6S3/c1-2-3-4-13-22(18,19)7(11,12)21(16,17)5-20(14,15)6(8,9)10/h13H,2-5H2,1H3. The van der Waals surface area contributed by atoms with E-state index in [2.05, 4.69) is 0 Å². The van der Waals surface area contributed by atoms with Crippen LogP contribution in [0.1, 0.15) is 19.8 Å². The Morgan fingerprint density at radius 2 is 1.32 bits per heavy atom. The third-order valence-corrected chi connectivity index (χ3v) is 8.70. The Balaban J connectivity index is 5.62. The van der Waals surface area contributed by atoms with Crippen molar-refractivity contribution >= 4 is 29.7 Å². The maximum atomic E-state index is 13.5. The van der Waals surface area contributed by atoms with E-state index in [1.807, 2.05) is 0 Å². The normalized spacial score (nSPS) is 15.0. The van der Waals surface area contributed by atoms with Crippen molar-refractivity contribution in [3.05, 3.63) is 0 Å². The summed E-state index contributed by atoms with van der Waals surface area (Å²) in [5, 5.41) is -3.08. The summed E-state index contributed by atoms with van der Waals surface area (Å²) in [7, 11) is -18.9. The van der Waals surface area contributed by atoms with Gasteiger partial charge in [-0.1, -0.05) is 13.3 Å². The summed E-state index contributed by atoms with van der Waals surface area (Å²) >= 11 is 0. The van der Waals surface area contributed by atoms with Gasteiger partial charge in [-0.15, -0.1) is 0 Å². The van der Waals surface area contributed by atoms with Crippen molar-refractivity contribution < 1.29 is 47.2 Å². The van der Waals surface area contributed by atoms with Crippen molar-refractivity contribution in [1.29, 1.82) is 0 Å². The second-order valence-electron chi connectivity index (χ2n) is 4.01. The van der Waals surface area contributed by atoms with E-state index < -0.39 is 51.4 Å². The van der Waals surface area contributed by atoms with E-state index in [0.717, 1.165) is 0 Å². The van der Waals surface area contributed by atoms with Crippen molar-refractivity contribution in [2.24, 2.45) is 0 Å². The van der Waals surface area contributed by atoms with Gasteiger partial charge in [0.25, 0.3) is 19.9 Å². The van der Waals surface area contributed by atoms with Crippen molar-refractivity contribution in [3.8, 4) is 0 Å². The van der Waals surface area contributed by atoms with Crippen LogP contribution in [-0.4, -0.2) is 47.0 Å². The van der Waals surface area contributed by atoms with Crippen LogP contribution in [0.2, 0.25) is 0 Å². The van der Waals surface area contributed by atoms with Gasteiger partial charge < -0.3 is 0 Å². The molecule has 0 saturated carbocycles. The lowest BCUT2D eigenvalue weighted by atomic mass is 10.3. The lowest BCUT2D eigenvalue weighted by Gasteiger charge is -2.18. The molecule has 0 amide bonds. The monoisotopic (exact) mass is 397 g/mol. The zero-order valence-corrected chi connectivity index (χ0v) is 13.3. The molecule has 0 heterocycles. The second kappa shape index (κ2) is 6.52. The Morgan fingerprint density at radius 3 is 1.68 bits per heavy atom. The second-order valence-corrected chi connectivity index (χ2v) is 10.5. The van der Waals surface area contributed by atoms with Crippen LogP contribution in [0.3, 0.4) is 0 Å². The summed E-state index contributed by atoms with van der Waals surface area (Å²) < 4.78 is 124. The molecule has 7 nitrogen and oxygen atoms in total. The highest BCUT2D eigenvalue weighted by Crippen LogP contribution is 2.33. The molecule has 22 heavy (non-hydrogen) atoms. The number of halogens is 5. The van der Waals surface area contributed by atoms with E-state index in [1.165, 1.54) is 4.72 Å². The van der Waals surface area contributed by atoms with Crippen molar-refractivity contribution in [3.63, 3.8) is 0 Å². The first-order valence-electron chi connectivity index (χ1n) is 5.40. The molecular weight excluding hydrogens is 385 g/mol. The van der Waals surface area contributed by atoms with Crippen LogP contribution < -0.4 is 4.72 Å². The van der Waals surface area contributed by atoms with Gasteiger partial charge in [-0.3, -0.25) is 0 Å². The van der Waals surface area contributed by atoms with Crippen LogP contribution in [-0.2, 0) is 29.7 Å². The Bertz CT molecular complexity index is 693. The molecule has 0 saturated heterocycles. The fourth-order valence-corrected chi connectivity index (χ4v) is 6.22. The molecule has 1 N–H and O–H groups in total. The highest BCUT2D eigenvalue weighted by atomic mass is 32.3. The lowest BCUT2D eigenvalue weighted by molar-refractivity contribution is -0.0431. The highest BCUT2D eigenvalue weighted by Gasteiger charge is 2.61. The first-order valence-corrected chi connectivity index (χ1v) is 10.2.